The first-order chi connectivity index (χ1) is 12.7. The number of hydrogen-bond acceptors (Lipinski definition) is 5. The van der Waals surface area contributed by atoms with E-state index in [1.54, 1.807) is 30.4 Å². The predicted octanol–water partition coefficient (Wildman–Crippen LogP) is 1.76. The molecule has 1 fully saturated rings. The van der Waals surface area contributed by atoms with Gasteiger partial charge in [-0.2, -0.15) is 5.10 Å². The number of urea groups is 1. The molecule has 140 valence electrons. The second-order valence-electron chi connectivity index (χ2n) is 6.33. The average Bonchev–Trinajstić information content (AvgIpc) is 3.08. The summed E-state index contributed by atoms with van der Waals surface area (Å²) in [4.78, 5) is 18.5. The maximum atomic E-state index is 12.6. The normalized spacial score (nSPS) is 16.3. The number of carbonyl (C=O) groups excluding carboxylic acids is 1. The summed E-state index contributed by atoms with van der Waals surface area (Å²) < 4.78 is 12.9. The molecule has 0 radical (unpaired) electrons. The van der Waals surface area contributed by atoms with Crippen LogP contribution < -0.4 is 10.1 Å². The van der Waals surface area contributed by atoms with Crippen molar-refractivity contribution < 1.29 is 14.3 Å². The Balaban J connectivity index is 1.52. The highest BCUT2D eigenvalue weighted by atomic mass is 16.5. The summed E-state index contributed by atoms with van der Waals surface area (Å²) >= 11 is 0. The molecule has 1 N–H and O–H groups in total. The van der Waals surface area contributed by atoms with Gasteiger partial charge in [0.15, 0.2) is 0 Å². The number of nitrogens with zero attached hydrogens (tertiary/aromatic N) is 4. The first-order valence-electron chi connectivity index (χ1n) is 8.76. The largest absolute Gasteiger partial charge is 0.489 e. The number of aromatic nitrogens is 3. The second-order valence-corrected chi connectivity index (χ2v) is 6.33. The molecule has 0 bridgehead atoms. The van der Waals surface area contributed by atoms with Gasteiger partial charge in [0, 0.05) is 52.5 Å². The minimum atomic E-state index is -0.232. The van der Waals surface area contributed by atoms with Gasteiger partial charge in [-0.15, -0.1) is 0 Å². The number of ether oxygens (including phenoxy) is 2. The first-order valence-corrected chi connectivity index (χ1v) is 8.76. The smallest absolute Gasteiger partial charge is 0.318 e. The molecule has 3 heterocycles. The van der Waals surface area contributed by atoms with Gasteiger partial charge >= 0.3 is 6.03 Å². The van der Waals surface area contributed by atoms with Crippen molar-refractivity contribution in [2.24, 2.45) is 7.05 Å². The van der Waals surface area contributed by atoms with E-state index in [1.807, 2.05) is 30.1 Å². The van der Waals surface area contributed by atoms with E-state index in [2.05, 4.69) is 15.4 Å². The highest BCUT2D eigenvalue weighted by molar-refractivity contribution is 5.74. The quantitative estimate of drug-likeness (QED) is 0.850. The third-order valence-corrected chi connectivity index (χ3v) is 4.51. The Hall–Kier alpha value is -2.61. The minimum absolute atomic E-state index is 0.0897. The Kier molecular flexibility index (Phi) is 6.06. The monoisotopic (exact) mass is 359 g/mol. The molecular formula is C18H25N5O3. The number of methoxy groups -OCH3 is 1. The SMILES string of the molecule is COC[C@@H](NC(=O)N1CCC(Oc2cccnc2)CC1)c1ccnn1C. The number of amides is 2. The molecule has 1 atom stereocenters. The van der Waals surface area contributed by atoms with Gasteiger partial charge < -0.3 is 19.7 Å². The molecular weight excluding hydrogens is 334 g/mol. The van der Waals surface area contributed by atoms with Crippen molar-refractivity contribution in [3.8, 4) is 5.75 Å². The molecule has 1 saturated heterocycles. The molecule has 0 unspecified atom stereocenters. The van der Waals surface area contributed by atoms with Crippen LogP contribution in [0.4, 0.5) is 4.79 Å². The zero-order valence-corrected chi connectivity index (χ0v) is 15.2. The van der Waals surface area contributed by atoms with Gasteiger partial charge in [-0.1, -0.05) is 0 Å². The molecule has 8 nitrogen and oxygen atoms in total. The lowest BCUT2D eigenvalue weighted by molar-refractivity contribution is 0.105. The Morgan fingerprint density at radius 2 is 2.15 bits per heavy atom. The van der Waals surface area contributed by atoms with Gasteiger partial charge in [-0.25, -0.2) is 4.79 Å². The van der Waals surface area contributed by atoms with Crippen molar-refractivity contribution in [2.75, 3.05) is 26.8 Å². The lowest BCUT2D eigenvalue weighted by Gasteiger charge is -2.33. The number of carbonyl (C=O) groups is 1. The summed E-state index contributed by atoms with van der Waals surface area (Å²) in [7, 11) is 3.47. The fourth-order valence-corrected chi connectivity index (χ4v) is 3.12. The zero-order chi connectivity index (χ0) is 18.4. The third-order valence-electron chi connectivity index (χ3n) is 4.51. The second kappa shape index (κ2) is 8.66. The number of hydrogen-bond donors (Lipinski definition) is 1. The number of pyridine rings is 1. The maximum Gasteiger partial charge on any atom is 0.318 e. The molecule has 1 aliphatic rings. The summed E-state index contributed by atoms with van der Waals surface area (Å²) in [6.45, 7) is 1.70. The van der Waals surface area contributed by atoms with Crippen molar-refractivity contribution in [1.82, 2.24) is 25.0 Å². The van der Waals surface area contributed by atoms with Crippen molar-refractivity contribution in [1.29, 1.82) is 0 Å². The van der Waals surface area contributed by atoms with Crippen LogP contribution in [0.2, 0.25) is 0 Å². The van der Waals surface area contributed by atoms with Crippen molar-refractivity contribution in [2.45, 2.75) is 25.0 Å². The lowest BCUT2D eigenvalue weighted by atomic mass is 10.1. The molecule has 2 aromatic rings. The summed E-state index contributed by atoms with van der Waals surface area (Å²) in [5.41, 5.74) is 0.912. The van der Waals surface area contributed by atoms with Crippen molar-refractivity contribution in [3.05, 3.63) is 42.5 Å². The van der Waals surface area contributed by atoms with E-state index in [4.69, 9.17) is 9.47 Å². The molecule has 8 heteroatoms. The molecule has 0 saturated carbocycles. The fraction of sp³-hybridized carbons (Fsp3) is 0.500. The molecule has 0 aromatic carbocycles. The summed E-state index contributed by atoms with van der Waals surface area (Å²) in [5.74, 6) is 0.770. The predicted molar refractivity (Wildman–Crippen MR) is 95.8 cm³/mol. The van der Waals surface area contributed by atoms with E-state index < -0.39 is 0 Å². The molecule has 2 amide bonds. The Morgan fingerprint density at radius 1 is 1.35 bits per heavy atom. The van der Waals surface area contributed by atoms with Crippen LogP contribution in [-0.2, 0) is 11.8 Å². The van der Waals surface area contributed by atoms with Crippen LogP contribution in [0.3, 0.4) is 0 Å². The van der Waals surface area contributed by atoms with Gasteiger partial charge in [0.1, 0.15) is 11.9 Å². The molecule has 26 heavy (non-hydrogen) atoms. The summed E-state index contributed by atoms with van der Waals surface area (Å²) in [6.07, 6.45) is 6.84. The van der Waals surface area contributed by atoms with Gasteiger partial charge in [-0.05, 0) is 18.2 Å². The lowest BCUT2D eigenvalue weighted by Crippen LogP contribution is -2.48. The average molecular weight is 359 g/mol. The maximum absolute atomic E-state index is 12.6. The number of likely N-dealkylation sites (tertiary alicyclic amines) is 1. The standard InChI is InChI=1S/C18H25N5O3/c1-22-17(5-9-20-22)16(13-25-2)21-18(24)23-10-6-14(7-11-23)26-15-4-3-8-19-12-15/h3-5,8-9,12,14,16H,6-7,10-11,13H2,1-2H3,(H,21,24)/t16-/m1/s1. The van der Waals surface area contributed by atoms with Crippen LogP contribution in [0.15, 0.2) is 36.8 Å². The summed E-state index contributed by atoms with van der Waals surface area (Å²) in [6, 6.07) is 5.32. The molecule has 0 aliphatic carbocycles. The van der Waals surface area contributed by atoms with E-state index in [0.717, 1.165) is 24.3 Å². The summed E-state index contributed by atoms with van der Waals surface area (Å²) in [5, 5.41) is 7.21. The van der Waals surface area contributed by atoms with Gasteiger partial charge in [-0.3, -0.25) is 9.67 Å². The number of aryl methyl sites for hydroxylation is 1. The van der Waals surface area contributed by atoms with Crippen molar-refractivity contribution in [3.63, 3.8) is 0 Å². The van der Waals surface area contributed by atoms with Gasteiger partial charge in [0.05, 0.1) is 24.5 Å². The van der Waals surface area contributed by atoms with E-state index in [9.17, 15) is 4.79 Å². The fourth-order valence-electron chi connectivity index (χ4n) is 3.12. The molecule has 1 aliphatic heterocycles. The zero-order valence-electron chi connectivity index (χ0n) is 15.2. The molecule has 0 spiro atoms. The highest BCUT2D eigenvalue weighted by Crippen LogP contribution is 2.19. The van der Waals surface area contributed by atoms with E-state index >= 15 is 0 Å². The van der Waals surface area contributed by atoms with Gasteiger partial charge in [0.2, 0.25) is 0 Å². The van der Waals surface area contributed by atoms with Crippen LogP contribution in [0.25, 0.3) is 0 Å². The molecule has 2 aromatic heterocycles. The number of nitrogens with one attached hydrogen (secondary N) is 1. The Morgan fingerprint density at radius 3 is 2.77 bits per heavy atom. The van der Waals surface area contributed by atoms with Crippen LogP contribution in [0.5, 0.6) is 5.75 Å². The highest BCUT2D eigenvalue weighted by Gasteiger charge is 2.26. The number of rotatable bonds is 6. The van der Waals surface area contributed by atoms with Crippen LogP contribution in [0.1, 0.15) is 24.6 Å². The Labute approximate surface area is 153 Å². The van der Waals surface area contributed by atoms with E-state index in [1.165, 1.54) is 0 Å². The van der Waals surface area contributed by atoms with Gasteiger partial charge in [0.25, 0.3) is 0 Å². The third kappa shape index (κ3) is 4.51. The van der Waals surface area contributed by atoms with Crippen LogP contribution in [-0.4, -0.2) is 58.6 Å². The minimum Gasteiger partial charge on any atom is -0.489 e. The number of piperidine rings is 1. The van der Waals surface area contributed by atoms with E-state index in [0.29, 0.717) is 19.7 Å². The van der Waals surface area contributed by atoms with Crippen molar-refractivity contribution >= 4 is 6.03 Å². The topological polar surface area (TPSA) is 81.5 Å². The first kappa shape index (κ1) is 18.2. The Bertz CT molecular complexity index is 698. The van der Waals surface area contributed by atoms with Crippen LogP contribution in [0, 0.1) is 0 Å². The molecule has 3 rings (SSSR count). The van der Waals surface area contributed by atoms with E-state index in [-0.39, 0.29) is 18.2 Å². The van der Waals surface area contributed by atoms with Crippen LogP contribution >= 0.6 is 0 Å².